The molecule has 1 aliphatic heterocycles. The Morgan fingerprint density at radius 3 is 2.50 bits per heavy atom. The minimum atomic E-state index is -1.11. The van der Waals surface area contributed by atoms with E-state index in [0.717, 1.165) is 0 Å². The van der Waals surface area contributed by atoms with Crippen molar-refractivity contribution >= 4 is 11.9 Å². The predicted octanol–water partition coefficient (Wildman–Crippen LogP) is 2.33. The largest absolute Gasteiger partial charge is 0.503 e. The molecule has 10 heteroatoms. The second kappa shape index (κ2) is 13.5. The minimum Gasteiger partial charge on any atom is -0.503 e. The fraction of sp³-hybridized carbons (Fsp3) is 0.708. The SMILES string of the molecule is CC[C@H]1OC(=O)[C@@H](NC(=O)c2nccc(OC)c2O)COC[C@H](OCC(C)C)[C@H]1OCC(C)C. The third kappa shape index (κ3) is 7.82. The lowest BCUT2D eigenvalue weighted by Crippen LogP contribution is -2.48. The molecule has 0 radical (unpaired) electrons. The number of hydrogen-bond acceptors (Lipinski definition) is 9. The Hall–Kier alpha value is -2.43. The number of rotatable bonds is 10. The van der Waals surface area contributed by atoms with Gasteiger partial charge in [0.1, 0.15) is 18.3 Å². The highest BCUT2D eigenvalue weighted by Crippen LogP contribution is 2.27. The van der Waals surface area contributed by atoms with Crippen molar-refractivity contribution in [2.24, 2.45) is 11.8 Å². The van der Waals surface area contributed by atoms with Crippen LogP contribution in [0.25, 0.3) is 0 Å². The van der Waals surface area contributed by atoms with E-state index in [1.54, 1.807) is 0 Å². The van der Waals surface area contributed by atoms with Gasteiger partial charge in [-0.1, -0.05) is 34.6 Å². The highest BCUT2D eigenvalue weighted by molar-refractivity contribution is 5.98. The van der Waals surface area contributed by atoms with Crippen LogP contribution in [0, 0.1) is 11.8 Å². The lowest BCUT2D eigenvalue weighted by Gasteiger charge is -2.33. The number of amides is 1. The van der Waals surface area contributed by atoms with Gasteiger partial charge in [-0.25, -0.2) is 9.78 Å². The van der Waals surface area contributed by atoms with E-state index in [-0.39, 0.29) is 30.6 Å². The van der Waals surface area contributed by atoms with Gasteiger partial charge in [0, 0.05) is 25.5 Å². The zero-order valence-electron chi connectivity index (χ0n) is 20.9. The maximum Gasteiger partial charge on any atom is 0.331 e. The first-order chi connectivity index (χ1) is 16.2. The average molecular weight is 483 g/mol. The first-order valence-electron chi connectivity index (χ1n) is 11.7. The monoisotopic (exact) mass is 482 g/mol. The molecule has 0 unspecified atom stereocenters. The summed E-state index contributed by atoms with van der Waals surface area (Å²) >= 11 is 0. The molecule has 0 aromatic carbocycles. The van der Waals surface area contributed by atoms with Gasteiger partial charge in [0.05, 0.1) is 20.3 Å². The number of aromatic hydroxyl groups is 1. The van der Waals surface area contributed by atoms with Crippen molar-refractivity contribution in [1.29, 1.82) is 0 Å². The van der Waals surface area contributed by atoms with Crippen LogP contribution in [-0.2, 0) is 23.7 Å². The zero-order chi connectivity index (χ0) is 25.3. The van der Waals surface area contributed by atoms with Gasteiger partial charge < -0.3 is 34.1 Å². The predicted molar refractivity (Wildman–Crippen MR) is 124 cm³/mol. The van der Waals surface area contributed by atoms with Crippen molar-refractivity contribution in [2.45, 2.75) is 65.4 Å². The Balaban J connectivity index is 2.22. The maximum atomic E-state index is 13.0. The smallest absolute Gasteiger partial charge is 0.331 e. The van der Waals surface area contributed by atoms with Crippen molar-refractivity contribution in [2.75, 3.05) is 33.5 Å². The summed E-state index contributed by atoms with van der Waals surface area (Å²) in [6, 6.07) is 0.313. The molecule has 1 aromatic heterocycles. The summed E-state index contributed by atoms with van der Waals surface area (Å²) in [6.45, 7) is 11.1. The van der Waals surface area contributed by atoms with Gasteiger partial charge in [0.15, 0.2) is 23.2 Å². The van der Waals surface area contributed by atoms with Crippen LogP contribution < -0.4 is 10.1 Å². The van der Waals surface area contributed by atoms with E-state index in [0.29, 0.717) is 25.6 Å². The van der Waals surface area contributed by atoms with E-state index in [2.05, 4.69) is 10.3 Å². The van der Waals surface area contributed by atoms with Crippen LogP contribution in [0.2, 0.25) is 0 Å². The fourth-order valence-corrected chi connectivity index (χ4v) is 3.39. The average Bonchev–Trinajstić information content (AvgIpc) is 2.85. The fourth-order valence-electron chi connectivity index (χ4n) is 3.39. The molecule has 4 atom stereocenters. The van der Waals surface area contributed by atoms with E-state index < -0.39 is 42.0 Å². The van der Waals surface area contributed by atoms with E-state index >= 15 is 0 Å². The van der Waals surface area contributed by atoms with Crippen LogP contribution in [0.4, 0.5) is 0 Å². The summed E-state index contributed by atoms with van der Waals surface area (Å²) in [4.78, 5) is 29.7. The summed E-state index contributed by atoms with van der Waals surface area (Å²) < 4.78 is 28.8. The summed E-state index contributed by atoms with van der Waals surface area (Å²) in [5.74, 6) is -1.16. The Kier molecular flexibility index (Phi) is 11.0. The quantitative estimate of drug-likeness (QED) is 0.483. The topological polar surface area (TPSA) is 125 Å². The molecule has 1 fully saturated rings. The Labute approximate surface area is 201 Å². The summed E-state index contributed by atoms with van der Waals surface area (Å²) in [6.07, 6.45) is 0.264. The van der Waals surface area contributed by atoms with Crippen molar-refractivity contribution in [1.82, 2.24) is 10.3 Å². The summed E-state index contributed by atoms with van der Waals surface area (Å²) in [5.41, 5.74) is -0.268. The lowest BCUT2D eigenvalue weighted by atomic mass is 10.0. The van der Waals surface area contributed by atoms with E-state index in [1.165, 1.54) is 19.4 Å². The van der Waals surface area contributed by atoms with Gasteiger partial charge in [-0.2, -0.15) is 0 Å². The van der Waals surface area contributed by atoms with Gasteiger partial charge >= 0.3 is 5.97 Å². The van der Waals surface area contributed by atoms with Crippen LogP contribution in [0.1, 0.15) is 51.5 Å². The van der Waals surface area contributed by atoms with E-state index in [4.69, 9.17) is 23.7 Å². The Morgan fingerprint density at radius 2 is 1.88 bits per heavy atom. The second-order valence-corrected chi connectivity index (χ2v) is 9.11. The number of esters is 1. The van der Waals surface area contributed by atoms with Crippen molar-refractivity contribution in [3.05, 3.63) is 18.0 Å². The molecule has 10 nitrogen and oxygen atoms in total. The molecule has 1 saturated heterocycles. The molecule has 192 valence electrons. The van der Waals surface area contributed by atoms with Crippen LogP contribution >= 0.6 is 0 Å². The number of hydrogen-bond donors (Lipinski definition) is 2. The molecule has 0 saturated carbocycles. The van der Waals surface area contributed by atoms with Crippen LogP contribution in [0.15, 0.2) is 12.3 Å². The maximum absolute atomic E-state index is 13.0. The first-order valence-corrected chi connectivity index (χ1v) is 11.7. The van der Waals surface area contributed by atoms with Gasteiger partial charge in [0.25, 0.3) is 5.91 Å². The van der Waals surface area contributed by atoms with Crippen molar-refractivity contribution in [3.8, 4) is 11.5 Å². The molecule has 1 amide bonds. The van der Waals surface area contributed by atoms with Crippen molar-refractivity contribution in [3.63, 3.8) is 0 Å². The first kappa shape index (κ1) is 27.8. The van der Waals surface area contributed by atoms with Gasteiger partial charge in [-0.3, -0.25) is 4.79 Å². The molecule has 2 N–H and O–H groups in total. The third-order valence-electron chi connectivity index (χ3n) is 5.15. The minimum absolute atomic E-state index is 0.0924. The highest BCUT2D eigenvalue weighted by Gasteiger charge is 2.38. The molecular weight excluding hydrogens is 444 g/mol. The molecule has 2 rings (SSSR count). The van der Waals surface area contributed by atoms with Gasteiger partial charge in [-0.15, -0.1) is 0 Å². The van der Waals surface area contributed by atoms with Crippen LogP contribution in [0.3, 0.4) is 0 Å². The number of carbonyl (C=O) groups is 2. The number of ether oxygens (including phenoxy) is 5. The molecule has 1 aliphatic rings. The van der Waals surface area contributed by atoms with E-state index in [1.807, 2.05) is 34.6 Å². The number of cyclic esters (lactones) is 1. The van der Waals surface area contributed by atoms with Gasteiger partial charge in [-0.05, 0) is 18.3 Å². The Bertz CT molecular complexity index is 801. The number of pyridine rings is 1. The number of methoxy groups -OCH3 is 1. The highest BCUT2D eigenvalue weighted by atomic mass is 16.6. The normalized spacial score (nSPS) is 23.7. The molecule has 0 spiro atoms. The lowest BCUT2D eigenvalue weighted by molar-refractivity contribution is -0.173. The van der Waals surface area contributed by atoms with Crippen LogP contribution in [0.5, 0.6) is 11.5 Å². The second-order valence-electron chi connectivity index (χ2n) is 9.11. The molecule has 34 heavy (non-hydrogen) atoms. The zero-order valence-corrected chi connectivity index (χ0v) is 20.9. The number of aromatic nitrogens is 1. The summed E-state index contributed by atoms with van der Waals surface area (Å²) in [7, 11) is 1.36. The Morgan fingerprint density at radius 1 is 1.21 bits per heavy atom. The molecule has 2 heterocycles. The van der Waals surface area contributed by atoms with Gasteiger partial charge in [0.2, 0.25) is 0 Å². The summed E-state index contributed by atoms with van der Waals surface area (Å²) in [5, 5.41) is 12.8. The van der Waals surface area contributed by atoms with Crippen LogP contribution in [-0.4, -0.2) is 79.9 Å². The third-order valence-corrected chi connectivity index (χ3v) is 5.15. The van der Waals surface area contributed by atoms with Crippen molar-refractivity contribution < 1.29 is 38.4 Å². The standard InChI is InChI=1S/C24H38N2O8/c1-7-17-22(33-11-15(4)5)19(32-10-14(2)3)13-31-12-16(24(29)34-17)26-23(28)20-21(27)18(30-6)8-9-25-20/h8-9,14-17,19,22,27H,7,10-13H2,1-6H3,(H,26,28)/t16-,17+,19-,22-/m0/s1. The molecule has 0 bridgehead atoms. The molecule has 0 aliphatic carbocycles. The number of carbonyl (C=O) groups excluding carboxylic acids is 2. The number of nitrogens with one attached hydrogen (secondary N) is 1. The molecule has 1 aromatic rings. The van der Waals surface area contributed by atoms with E-state index in [9.17, 15) is 14.7 Å². The number of nitrogens with zero attached hydrogens (tertiary/aromatic N) is 1. The molecular formula is C24H38N2O8.